The van der Waals surface area contributed by atoms with Gasteiger partial charge >= 0.3 is 0 Å². The van der Waals surface area contributed by atoms with E-state index >= 15 is 0 Å². The summed E-state index contributed by atoms with van der Waals surface area (Å²) < 4.78 is 11.4. The third kappa shape index (κ3) is 2.05. The maximum atomic E-state index is 10.00. The van der Waals surface area contributed by atoms with Gasteiger partial charge in [0.25, 0.3) is 0 Å². The zero-order chi connectivity index (χ0) is 11.8. The van der Waals surface area contributed by atoms with Crippen LogP contribution in [0.2, 0.25) is 0 Å². The summed E-state index contributed by atoms with van der Waals surface area (Å²) in [5.74, 6) is 1.00. The van der Waals surface area contributed by atoms with Gasteiger partial charge in [-0.3, -0.25) is 0 Å². The molecule has 2 heterocycles. The summed E-state index contributed by atoms with van der Waals surface area (Å²) in [6.45, 7) is 2.60. The maximum Gasteiger partial charge on any atom is 0.119 e. The van der Waals surface area contributed by atoms with Crippen molar-refractivity contribution in [2.45, 2.75) is 38.1 Å². The predicted molar refractivity (Wildman–Crippen MR) is 64.1 cm³/mol. The number of fused-ring (bicyclic) bond motifs is 2. The van der Waals surface area contributed by atoms with E-state index in [-0.39, 0.29) is 24.2 Å². The van der Waals surface area contributed by atoms with Gasteiger partial charge < -0.3 is 14.6 Å². The summed E-state index contributed by atoms with van der Waals surface area (Å²) in [4.78, 5) is 0. The molecule has 0 radical (unpaired) electrons. The molecule has 92 valence electrons. The van der Waals surface area contributed by atoms with Crippen LogP contribution in [0.3, 0.4) is 0 Å². The molecule has 0 aliphatic carbocycles. The molecule has 2 saturated heterocycles. The van der Waals surface area contributed by atoms with Crippen LogP contribution in [0, 0.1) is 12.8 Å². The predicted octanol–water partition coefficient (Wildman–Crippen LogP) is 1.91. The molecule has 3 rings (SSSR count). The van der Waals surface area contributed by atoms with Gasteiger partial charge in [-0.15, -0.1) is 0 Å². The highest BCUT2D eigenvalue weighted by molar-refractivity contribution is 5.26. The van der Waals surface area contributed by atoms with Crippen molar-refractivity contribution in [3.05, 3.63) is 29.8 Å². The molecule has 2 aliphatic rings. The molecular weight excluding hydrogens is 216 g/mol. The van der Waals surface area contributed by atoms with Crippen LogP contribution in [-0.4, -0.2) is 30.0 Å². The number of aliphatic hydroxyl groups is 1. The van der Waals surface area contributed by atoms with Crippen LogP contribution >= 0.6 is 0 Å². The zero-order valence-corrected chi connectivity index (χ0v) is 10.0. The first-order valence-corrected chi connectivity index (χ1v) is 6.27. The summed E-state index contributed by atoms with van der Waals surface area (Å²) in [6, 6.07) is 8.00. The Morgan fingerprint density at radius 2 is 1.94 bits per heavy atom. The molecule has 2 fully saturated rings. The minimum atomic E-state index is -0.348. The number of aryl methyl sites for hydroxylation is 1. The lowest BCUT2D eigenvalue weighted by Crippen LogP contribution is -2.35. The molecule has 1 N–H and O–H groups in total. The van der Waals surface area contributed by atoms with E-state index in [4.69, 9.17) is 9.47 Å². The van der Waals surface area contributed by atoms with Crippen LogP contribution in [0.15, 0.2) is 24.3 Å². The third-order valence-electron chi connectivity index (χ3n) is 3.85. The van der Waals surface area contributed by atoms with E-state index in [1.54, 1.807) is 0 Å². The van der Waals surface area contributed by atoms with Gasteiger partial charge in [0.15, 0.2) is 0 Å². The average Bonchev–Trinajstić information content (AvgIpc) is 2.90. The quantitative estimate of drug-likeness (QED) is 0.868. The fraction of sp³-hybridized carbons (Fsp3) is 0.571. The van der Waals surface area contributed by atoms with Crippen molar-refractivity contribution in [2.24, 2.45) is 5.92 Å². The molecule has 4 atom stereocenters. The fourth-order valence-electron chi connectivity index (χ4n) is 2.78. The van der Waals surface area contributed by atoms with E-state index in [1.165, 1.54) is 5.56 Å². The Kier molecular flexibility index (Phi) is 2.81. The highest BCUT2D eigenvalue weighted by atomic mass is 16.5. The number of rotatable bonds is 3. The van der Waals surface area contributed by atoms with Gasteiger partial charge in [-0.2, -0.15) is 0 Å². The molecular formula is C14H18O3. The summed E-state index contributed by atoms with van der Waals surface area (Å²) in [6.07, 6.45) is 1.95. The van der Waals surface area contributed by atoms with Crippen molar-refractivity contribution in [2.75, 3.05) is 6.61 Å². The summed E-state index contributed by atoms with van der Waals surface area (Å²) in [7, 11) is 0. The molecule has 2 bridgehead atoms. The standard InChI is InChI=1S/C14H18O3/c1-9-2-4-10(5-3-9)16-8-11-12-6-7-13(17-12)14(11)15/h2-5,11-15H,6-8H2,1H3/t11-,12+,13-,14-/m1/s1. The monoisotopic (exact) mass is 234 g/mol. The lowest BCUT2D eigenvalue weighted by atomic mass is 9.87. The van der Waals surface area contributed by atoms with Crippen LogP contribution < -0.4 is 4.74 Å². The molecule has 1 aromatic carbocycles. The van der Waals surface area contributed by atoms with E-state index in [0.29, 0.717) is 6.61 Å². The summed E-state index contributed by atoms with van der Waals surface area (Å²) in [5, 5.41) is 10.00. The Morgan fingerprint density at radius 1 is 1.24 bits per heavy atom. The van der Waals surface area contributed by atoms with Crippen LogP contribution in [0.25, 0.3) is 0 Å². The fourth-order valence-corrected chi connectivity index (χ4v) is 2.78. The van der Waals surface area contributed by atoms with E-state index in [0.717, 1.165) is 18.6 Å². The van der Waals surface area contributed by atoms with Crippen molar-refractivity contribution < 1.29 is 14.6 Å². The second-order valence-electron chi connectivity index (χ2n) is 5.07. The SMILES string of the molecule is Cc1ccc(OC[C@H]2[C@@H](O)[C@H]3CC[C@@H]2O3)cc1. The minimum Gasteiger partial charge on any atom is -0.493 e. The number of benzene rings is 1. The van der Waals surface area contributed by atoms with Gasteiger partial charge in [0.05, 0.1) is 24.9 Å². The lowest BCUT2D eigenvalue weighted by Gasteiger charge is -2.23. The van der Waals surface area contributed by atoms with Gasteiger partial charge in [0.1, 0.15) is 5.75 Å². The Balaban J connectivity index is 1.59. The van der Waals surface area contributed by atoms with Crippen LogP contribution in [0.5, 0.6) is 5.75 Å². The number of hydrogen-bond donors (Lipinski definition) is 1. The smallest absolute Gasteiger partial charge is 0.119 e. The molecule has 3 nitrogen and oxygen atoms in total. The normalized spacial score (nSPS) is 35.2. The van der Waals surface area contributed by atoms with Crippen molar-refractivity contribution >= 4 is 0 Å². The summed E-state index contributed by atoms with van der Waals surface area (Å²) >= 11 is 0. The first-order chi connectivity index (χ1) is 8.24. The van der Waals surface area contributed by atoms with Crippen molar-refractivity contribution in [1.29, 1.82) is 0 Å². The Labute approximate surface area is 101 Å². The highest BCUT2D eigenvalue weighted by Gasteiger charge is 2.48. The van der Waals surface area contributed by atoms with Crippen LogP contribution in [-0.2, 0) is 4.74 Å². The largest absolute Gasteiger partial charge is 0.493 e. The first kappa shape index (κ1) is 11.1. The molecule has 0 amide bonds. The zero-order valence-electron chi connectivity index (χ0n) is 10.0. The van der Waals surface area contributed by atoms with Gasteiger partial charge in [-0.25, -0.2) is 0 Å². The molecule has 0 saturated carbocycles. The van der Waals surface area contributed by atoms with Gasteiger partial charge in [0, 0.05) is 5.92 Å². The highest BCUT2D eigenvalue weighted by Crippen LogP contribution is 2.39. The molecule has 1 aromatic rings. The Bertz CT molecular complexity index is 385. The van der Waals surface area contributed by atoms with Crippen LogP contribution in [0.1, 0.15) is 18.4 Å². The molecule has 17 heavy (non-hydrogen) atoms. The van der Waals surface area contributed by atoms with Gasteiger partial charge in [0.2, 0.25) is 0 Å². The molecule has 3 heteroatoms. The van der Waals surface area contributed by atoms with Crippen LogP contribution in [0.4, 0.5) is 0 Å². The number of hydrogen-bond acceptors (Lipinski definition) is 3. The van der Waals surface area contributed by atoms with E-state index in [1.807, 2.05) is 24.3 Å². The molecule has 0 unspecified atom stereocenters. The molecule has 0 spiro atoms. The summed E-state index contributed by atoms with van der Waals surface area (Å²) in [5.41, 5.74) is 1.22. The van der Waals surface area contributed by atoms with Crippen molar-refractivity contribution in [3.8, 4) is 5.75 Å². The van der Waals surface area contributed by atoms with Crippen molar-refractivity contribution in [1.82, 2.24) is 0 Å². The minimum absolute atomic E-state index is 0.0478. The first-order valence-electron chi connectivity index (χ1n) is 6.27. The number of ether oxygens (including phenoxy) is 2. The lowest BCUT2D eigenvalue weighted by molar-refractivity contribution is 0.0471. The average molecular weight is 234 g/mol. The molecule has 0 aromatic heterocycles. The topological polar surface area (TPSA) is 38.7 Å². The van der Waals surface area contributed by atoms with Gasteiger partial charge in [-0.1, -0.05) is 17.7 Å². The Hall–Kier alpha value is -1.06. The van der Waals surface area contributed by atoms with Crippen molar-refractivity contribution in [3.63, 3.8) is 0 Å². The number of aliphatic hydroxyl groups excluding tert-OH is 1. The van der Waals surface area contributed by atoms with E-state index < -0.39 is 0 Å². The second-order valence-corrected chi connectivity index (χ2v) is 5.07. The maximum absolute atomic E-state index is 10.00. The third-order valence-corrected chi connectivity index (χ3v) is 3.85. The molecule has 2 aliphatic heterocycles. The van der Waals surface area contributed by atoms with E-state index in [9.17, 15) is 5.11 Å². The van der Waals surface area contributed by atoms with Gasteiger partial charge in [-0.05, 0) is 31.9 Å². The Morgan fingerprint density at radius 3 is 2.59 bits per heavy atom. The van der Waals surface area contributed by atoms with E-state index in [2.05, 4.69) is 6.92 Å². The second kappa shape index (κ2) is 4.31.